The van der Waals surface area contributed by atoms with Gasteiger partial charge in [-0.15, -0.1) is 0 Å². The maximum absolute atomic E-state index is 12.2. The lowest BCUT2D eigenvalue weighted by molar-refractivity contribution is 0.475. The Labute approximate surface area is 121 Å². The Balaban J connectivity index is 2.35. The van der Waals surface area contributed by atoms with E-state index in [9.17, 15) is 9.90 Å². The van der Waals surface area contributed by atoms with Crippen molar-refractivity contribution in [2.24, 2.45) is 0 Å². The van der Waals surface area contributed by atoms with Crippen molar-refractivity contribution in [3.8, 4) is 17.0 Å². The molecule has 2 aromatic heterocycles. The second-order valence-electron chi connectivity index (χ2n) is 5.03. The second-order valence-corrected chi connectivity index (χ2v) is 5.03. The zero-order valence-corrected chi connectivity index (χ0v) is 11.9. The van der Waals surface area contributed by atoms with Crippen LogP contribution in [0, 0.1) is 0 Å². The molecule has 1 atom stereocenters. The number of benzene rings is 1. The van der Waals surface area contributed by atoms with Crippen LogP contribution in [-0.2, 0) is 0 Å². The van der Waals surface area contributed by atoms with E-state index in [1.54, 1.807) is 22.9 Å². The van der Waals surface area contributed by atoms with Crippen molar-refractivity contribution < 1.29 is 5.11 Å². The molecule has 0 bridgehead atoms. The molecule has 0 radical (unpaired) electrons. The maximum Gasteiger partial charge on any atom is 0.262 e. The summed E-state index contributed by atoms with van der Waals surface area (Å²) in [4.78, 5) is 19.0. The molecule has 0 saturated heterocycles. The van der Waals surface area contributed by atoms with Crippen molar-refractivity contribution in [3.05, 3.63) is 40.9 Å². The van der Waals surface area contributed by atoms with Crippen LogP contribution >= 0.6 is 0 Å². The van der Waals surface area contributed by atoms with Crippen molar-refractivity contribution in [1.82, 2.24) is 19.7 Å². The molecule has 0 amide bonds. The number of nitrogens with one attached hydrogen (secondary N) is 1. The molecular formula is C15H16N4O2. The lowest BCUT2D eigenvalue weighted by Crippen LogP contribution is -2.09. The van der Waals surface area contributed by atoms with Gasteiger partial charge in [0.05, 0.1) is 12.4 Å². The molecule has 6 nitrogen and oxygen atoms in total. The number of phenolic OH excluding ortho intramolecular Hbond substituents is 1. The highest BCUT2D eigenvalue weighted by molar-refractivity contribution is 5.90. The van der Waals surface area contributed by atoms with E-state index >= 15 is 0 Å². The molecule has 108 valence electrons. The van der Waals surface area contributed by atoms with E-state index < -0.39 is 0 Å². The molecule has 21 heavy (non-hydrogen) atoms. The number of H-pyrrole nitrogens is 1. The third kappa shape index (κ3) is 2.18. The second kappa shape index (κ2) is 5.05. The summed E-state index contributed by atoms with van der Waals surface area (Å²) in [6.45, 7) is 4.08. The predicted molar refractivity (Wildman–Crippen MR) is 80.3 cm³/mol. The topological polar surface area (TPSA) is 83.8 Å². The van der Waals surface area contributed by atoms with Crippen molar-refractivity contribution in [2.45, 2.75) is 26.3 Å². The Hall–Kier alpha value is -2.63. The summed E-state index contributed by atoms with van der Waals surface area (Å²) in [6, 6.07) is 6.85. The van der Waals surface area contributed by atoms with Crippen LogP contribution in [0.1, 0.15) is 26.3 Å². The fourth-order valence-corrected chi connectivity index (χ4v) is 2.32. The predicted octanol–water partition coefficient (Wildman–Crippen LogP) is 2.46. The van der Waals surface area contributed by atoms with Crippen LogP contribution in [0.15, 0.2) is 35.4 Å². The molecule has 6 heteroatoms. The minimum absolute atomic E-state index is 0.132. The summed E-state index contributed by atoms with van der Waals surface area (Å²) >= 11 is 0. The Kier molecular flexibility index (Phi) is 3.21. The fraction of sp³-hybridized carbons (Fsp3) is 0.267. The third-order valence-corrected chi connectivity index (χ3v) is 3.62. The minimum Gasteiger partial charge on any atom is -0.508 e. The van der Waals surface area contributed by atoms with Crippen LogP contribution in [0.4, 0.5) is 0 Å². The van der Waals surface area contributed by atoms with Gasteiger partial charge in [-0.1, -0.05) is 19.1 Å². The van der Waals surface area contributed by atoms with Crippen LogP contribution < -0.4 is 5.56 Å². The molecule has 0 saturated carbocycles. The molecular weight excluding hydrogens is 268 g/mol. The highest BCUT2D eigenvalue weighted by Gasteiger charge is 2.19. The standard InChI is InChI=1S/C15H16N4O2/c1-3-9(2)19-14-12(15(21)17-8-16-14)13(18-19)10-5-4-6-11(20)7-10/h4-9,20H,3H2,1-2H3,(H,16,17,21). The first-order chi connectivity index (χ1) is 10.1. The lowest BCUT2D eigenvalue weighted by Gasteiger charge is -2.09. The van der Waals surface area contributed by atoms with E-state index in [-0.39, 0.29) is 17.4 Å². The number of hydrogen-bond donors (Lipinski definition) is 2. The van der Waals surface area contributed by atoms with Gasteiger partial charge in [-0.25, -0.2) is 9.67 Å². The number of aromatic nitrogens is 4. The van der Waals surface area contributed by atoms with Gasteiger partial charge in [0.15, 0.2) is 5.65 Å². The number of hydrogen-bond acceptors (Lipinski definition) is 4. The smallest absolute Gasteiger partial charge is 0.262 e. The van der Waals surface area contributed by atoms with Gasteiger partial charge in [-0.3, -0.25) is 4.79 Å². The first-order valence-corrected chi connectivity index (χ1v) is 6.87. The van der Waals surface area contributed by atoms with Gasteiger partial charge in [0.25, 0.3) is 5.56 Å². The molecule has 1 unspecified atom stereocenters. The van der Waals surface area contributed by atoms with Crippen molar-refractivity contribution >= 4 is 11.0 Å². The average molecular weight is 284 g/mol. The van der Waals surface area contributed by atoms with Gasteiger partial charge >= 0.3 is 0 Å². The Morgan fingerprint density at radius 2 is 2.24 bits per heavy atom. The summed E-state index contributed by atoms with van der Waals surface area (Å²) in [5.74, 6) is 0.138. The zero-order chi connectivity index (χ0) is 15.0. The summed E-state index contributed by atoms with van der Waals surface area (Å²) < 4.78 is 1.77. The number of aromatic hydroxyl groups is 1. The van der Waals surface area contributed by atoms with Crippen molar-refractivity contribution in [3.63, 3.8) is 0 Å². The Morgan fingerprint density at radius 1 is 1.43 bits per heavy atom. The fourth-order valence-electron chi connectivity index (χ4n) is 2.32. The minimum atomic E-state index is -0.229. The average Bonchev–Trinajstić information content (AvgIpc) is 2.87. The Morgan fingerprint density at radius 3 is 2.95 bits per heavy atom. The summed E-state index contributed by atoms with van der Waals surface area (Å²) in [7, 11) is 0. The monoisotopic (exact) mass is 284 g/mol. The highest BCUT2D eigenvalue weighted by Crippen LogP contribution is 2.28. The molecule has 0 fully saturated rings. The van der Waals surface area contributed by atoms with Crippen molar-refractivity contribution in [1.29, 1.82) is 0 Å². The van der Waals surface area contributed by atoms with E-state index in [1.807, 2.05) is 13.0 Å². The number of rotatable bonds is 3. The molecule has 0 aliphatic heterocycles. The number of nitrogens with zero attached hydrogens (tertiary/aromatic N) is 3. The largest absolute Gasteiger partial charge is 0.508 e. The maximum atomic E-state index is 12.2. The molecule has 0 aliphatic rings. The number of fused-ring (bicyclic) bond motifs is 1. The molecule has 0 spiro atoms. The van der Waals surface area contributed by atoms with Gasteiger partial charge in [-0.05, 0) is 25.5 Å². The highest BCUT2D eigenvalue weighted by atomic mass is 16.3. The molecule has 2 N–H and O–H groups in total. The van der Waals surface area contributed by atoms with Crippen LogP contribution in [-0.4, -0.2) is 24.9 Å². The van der Waals surface area contributed by atoms with Gasteiger partial charge in [0, 0.05) is 5.56 Å². The van der Waals surface area contributed by atoms with E-state index in [0.717, 1.165) is 6.42 Å². The van der Waals surface area contributed by atoms with Crippen LogP contribution in [0.5, 0.6) is 5.75 Å². The zero-order valence-electron chi connectivity index (χ0n) is 11.9. The van der Waals surface area contributed by atoms with Crippen LogP contribution in [0.3, 0.4) is 0 Å². The van der Waals surface area contributed by atoms with E-state index in [0.29, 0.717) is 22.3 Å². The lowest BCUT2D eigenvalue weighted by atomic mass is 10.1. The van der Waals surface area contributed by atoms with E-state index in [2.05, 4.69) is 22.0 Å². The van der Waals surface area contributed by atoms with Crippen LogP contribution in [0.2, 0.25) is 0 Å². The molecule has 1 aromatic carbocycles. The van der Waals surface area contributed by atoms with Gasteiger partial charge in [-0.2, -0.15) is 5.10 Å². The third-order valence-electron chi connectivity index (χ3n) is 3.62. The van der Waals surface area contributed by atoms with Crippen LogP contribution in [0.25, 0.3) is 22.3 Å². The quantitative estimate of drug-likeness (QED) is 0.773. The number of phenols is 1. The van der Waals surface area contributed by atoms with Crippen molar-refractivity contribution in [2.75, 3.05) is 0 Å². The summed E-state index contributed by atoms with van der Waals surface area (Å²) in [5, 5.41) is 14.6. The van der Waals surface area contributed by atoms with Gasteiger partial charge in [0.2, 0.25) is 0 Å². The van der Waals surface area contributed by atoms with Gasteiger partial charge < -0.3 is 10.1 Å². The summed E-state index contributed by atoms with van der Waals surface area (Å²) in [6.07, 6.45) is 2.27. The SMILES string of the molecule is CCC(C)n1nc(-c2cccc(O)c2)c2c(=O)[nH]cnc21. The molecule has 3 aromatic rings. The first-order valence-electron chi connectivity index (χ1n) is 6.87. The molecule has 0 aliphatic carbocycles. The molecule has 2 heterocycles. The van der Waals surface area contributed by atoms with E-state index in [1.165, 1.54) is 6.33 Å². The first kappa shape index (κ1) is 13.4. The van der Waals surface area contributed by atoms with Gasteiger partial charge in [0.1, 0.15) is 16.8 Å². The Bertz CT molecular complexity index is 850. The van der Waals surface area contributed by atoms with E-state index in [4.69, 9.17) is 0 Å². The summed E-state index contributed by atoms with van der Waals surface area (Å²) in [5.41, 5.74) is 1.57. The molecule has 3 rings (SSSR count). The number of aromatic amines is 1. The normalized spacial score (nSPS) is 12.7.